The van der Waals surface area contributed by atoms with Gasteiger partial charge in [-0.2, -0.15) is 0 Å². The molecule has 0 amide bonds. The van der Waals surface area contributed by atoms with E-state index < -0.39 is 4.92 Å². The summed E-state index contributed by atoms with van der Waals surface area (Å²) in [6.45, 7) is 1.69. The summed E-state index contributed by atoms with van der Waals surface area (Å²) in [5.74, 6) is 0.561. The van der Waals surface area contributed by atoms with Crippen LogP contribution in [0, 0.1) is 17.0 Å². The molecule has 0 aromatic carbocycles. The minimum Gasteiger partial charge on any atom is -0.278 e. The van der Waals surface area contributed by atoms with Crippen molar-refractivity contribution in [3.8, 4) is 0 Å². The van der Waals surface area contributed by atoms with E-state index in [1.807, 2.05) is 0 Å². The second-order valence-electron chi connectivity index (χ2n) is 2.74. The van der Waals surface area contributed by atoms with Crippen LogP contribution in [0.25, 0.3) is 5.65 Å². The largest absolute Gasteiger partial charge is 0.287 e. The Morgan fingerprint density at radius 3 is 2.93 bits per heavy atom. The highest BCUT2D eigenvalue weighted by Gasteiger charge is 2.13. The standard InChI is InChI=1S/C7H5ClN4O2/c1-4-9-10-7-6(8)2-5(12(13)14)3-11(4)7/h2-3H,1H3. The van der Waals surface area contributed by atoms with Crippen LogP contribution in [0.5, 0.6) is 0 Å². The second kappa shape index (κ2) is 2.91. The molecule has 2 aromatic rings. The summed E-state index contributed by atoms with van der Waals surface area (Å²) < 4.78 is 1.49. The fraction of sp³-hybridized carbons (Fsp3) is 0.143. The van der Waals surface area contributed by atoms with Crippen molar-refractivity contribution in [2.75, 3.05) is 0 Å². The maximum Gasteiger partial charge on any atom is 0.287 e. The number of fused-ring (bicyclic) bond motifs is 1. The molecule has 2 aromatic heterocycles. The van der Waals surface area contributed by atoms with Crippen molar-refractivity contribution in [3.05, 3.63) is 33.2 Å². The van der Waals surface area contributed by atoms with Gasteiger partial charge >= 0.3 is 0 Å². The first-order chi connectivity index (χ1) is 6.59. The van der Waals surface area contributed by atoms with Crippen molar-refractivity contribution >= 4 is 22.9 Å². The van der Waals surface area contributed by atoms with Crippen LogP contribution < -0.4 is 0 Å². The summed E-state index contributed by atoms with van der Waals surface area (Å²) in [5, 5.41) is 18.3. The van der Waals surface area contributed by atoms with Crippen molar-refractivity contribution in [2.24, 2.45) is 0 Å². The zero-order chi connectivity index (χ0) is 10.3. The van der Waals surface area contributed by atoms with Crippen LogP contribution in [0.2, 0.25) is 5.02 Å². The number of nitrogens with zero attached hydrogens (tertiary/aromatic N) is 4. The van der Waals surface area contributed by atoms with Gasteiger partial charge in [-0.1, -0.05) is 11.6 Å². The van der Waals surface area contributed by atoms with E-state index in [0.717, 1.165) is 0 Å². The van der Waals surface area contributed by atoms with Gasteiger partial charge < -0.3 is 0 Å². The lowest BCUT2D eigenvalue weighted by Crippen LogP contribution is -1.94. The Bertz CT molecular complexity index is 522. The molecular weight excluding hydrogens is 208 g/mol. The molecule has 0 bridgehead atoms. The smallest absolute Gasteiger partial charge is 0.278 e. The van der Waals surface area contributed by atoms with Gasteiger partial charge in [0.15, 0.2) is 5.65 Å². The molecule has 7 heteroatoms. The third-order valence-corrected chi connectivity index (χ3v) is 2.10. The van der Waals surface area contributed by atoms with Crippen LogP contribution in [0.4, 0.5) is 5.69 Å². The predicted octanol–water partition coefficient (Wildman–Crippen LogP) is 1.60. The highest BCUT2D eigenvalue weighted by Crippen LogP contribution is 2.22. The SMILES string of the molecule is Cc1nnc2c(Cl)cc([N+](=O)[O-])cn12. The lowest BCUT2D eigenvalue weighted by molar-refractivity contribution is -0.385. The van der Waals surface area contributed by atoms with Crippen LogP contribution >= 0.6 is 11.6 Å². The fourth-order valence-electron chi connectivity index (χ4n) is 1.15. The van der Waals surface area contributed by atoms with E-state index in [9.17, 15) is 10.1 Å². The fourth-order valence-corrected chi connectivity index (χ4v) is 1.39. The van der Waals surface area contributed by atoms with Crippen LogP contribution in [0.1, 0.15) is 5.82 Å². The van der Waals surface area contributed by atoms with Gasteiger partial charge in [0.2, 0.25) is 0 Å². The van der Waals surface area contributed by atoms with Crippen molar-refractivity contribution in [3.63, 3.8) is 0 Å². The molecule has 0 atom stereocenters. The first-order valence-electron chi connectivity index (χ1n) is 3.75. The van der Waals surface area contributed by atoms with E-state index in [4.69, 9.17) is 11.6 Å². The first-order valence-corrected chi connectivity index (χ1v) is 4.12. The monoisotopic (exact) mass is 212 g/mol. The Labute approximate surface area is 83.3 Å². The van der Waals surface area contributed by atoms with Crippen molar-refractivity contribution in [2.45, 2.75) is 6.92 Å². The Balaban J connectivity index is 2.82. The van der Waals surface area contributed by atoms with Gasteiger partial charge in [-0.15, -0.1) is 10.2 Å². The number of aromatic nitrogens is 3. The van der Waals surface area contributed by atoms with E-state index in [2.05, 4.69) is 10.2 Å². The minimum absolute atomic E-state index is 0.0783. The van der Waals surface area contributed by atoms with Crippen LogP contribution in [0.15, 0.2) is 12.3 Å². The van der Waals surface area contributed by atoms with Crippen molar-refractivity contribution in [1.82, 2.24) is 14.6 Å². The number of halogens is 1. The lowest BCUT2D eigenvalue weighted by Gasteiger charge is -1.96. The van der Waals surface area contributed by atoms with E-state index in [1.165, 1.54) is 16.7 Å². The molecular formula is C7H5ClN4O2. The van der Waals surface area contributed by atoms with E-state index in [1.54, 1.807) is 6.92 Å². The number of hydrogen-bond acceptors (Lipinski definition) is 4. The average Bonchev–Trinajstić information content (AvgIpc) is 2.48. The Hall–Kier alpha value is -1.69. The van der Waals surface area contributed by atoms with Crippen LogP contribution in [-0.2, 0) is 0 Å². The molecule has 0 aliphatic rings. The molecule has 2 rings (SSSR count). The third-order valence-electron chi connectivity index (χ3n) is 1.83. The molecule has 0 fully saturated rings. The number of rotatable bonds is 1. The van der Waals surface area contributed by atoms with Crippen molar-refractivity contribution in [1.29, 1.82) is 0 Å². The third kappa shape index (κ3) is 1.20. The zero-order valence-corrected chi connectivity index (χ0v) is 7.89. The summed E-state index contributed by atoms with van der Waals surface area (Å²) in [7, 11) is 0. The molecule has 2 heterocycles. The van der Waals surface area contributed by atoms with Gasteiger partial charge in [-0.3, -0.25) is 14.5 Å². The summed E-state index contributed by atoms with van der Waals surface area (Å²) in [6.07, 6.45) is 1.34. The summed E-state index contributed by atoms with van der Waals surface area (Å²) in [4.78, 5) is 10.0. The van der Waals surface area contributed by atoms with Gasteiger partial charge in [-0.05, 0) is 6.92 Å². The molecule has 0 aliphatic carbocycles. The Morgan fingerprint density at radius 2 is 2.29 bits per heavy atom. The van der Waals surface area contributed by atoms with E-state index in [-0.39, 0.29) is 10.7 Å². The maximum absolute atomic E-state index is 10.5. The first kappa shape index (κ1) is 8.89. The van der Waals surface area contributed by atoms with Crippen LogP contribution in [-0.4, -0.2) is 19.5 Å². The topological polar surface area (TPSA) is 73.3 Å². The molecule has 0 saturated carbocycles. The number of pyridine rings is 1. The number of nitro groups is 1. The van der Waals surface area contributed by atoms with E-state index >= 15 is 0 Å². The predicted molar refractivity (Wildman–Crippen MR) is 49.4 cm³/mol. The van der Waals surface area contributed by atoms with Gasteiger partial charge in [0.05, 0.1) is 16.1 Å². The summed E-state index contributed by atoms with van der Waals surface area (Å²) in [6, 6.07) is 1.25. The Morgan fingerprint density at radius 1 is 1.57 bits per heavy atom. The second-order valence-corrected chi connectivity index (χ2v) is 3.15. The summed E-state index contributed by atoms with van der Waals surface area (Å²) in [5.41, 5.74) is 0.347. The Kier molecular flexibility index (Phi) is 1.85. The molecule has 0 spiro atoms. The van der Waals surface area contributed by atoms with Gasteiger partial charge in [0.25, 0.3) is 5.69 Å². The quantitative estimate of drug-likeness (QED) is 0.532. The van der Waals surface area contributed by atoms with Crippen LogP contribution in [0.3, 0.4) is 0 Å². The highest BCUT2D eigenvalue weighted by molar-refractivity contribution is 6.33. The number of hydrogen-bond donors (Lipinski definition) is 0. The molecule has 0 radical (unpaired) electrons. The molecule has 0 aliphatic heterocycles. The highest BCUT2D eigenvalue weighted by atomic mass is 35.5. The molecule has 0 N–H and O–H groups in total. The van der Waals surface area contributed by atoms with E-state index in [0.29, 0.717) is 11.5 Å². The maximum atomic E-state index is 10.5. The normalized spacial score (nSPS) is 10.7. The molecule has 72 valence electrons. The molecule has 0 saturated heterocycles. The van der Waals surface area contributed by atoms with Crippen molar-refractivity contribution < 1.29 is 4.92 Å². The van der Waals surface area contributed by atoms with Gasteiger partial charge in [-0.25, -0.2) is 0 Å². The molecule has 0 unspecified atom stereocenters. The summed E-state index contributed by atoms with van der Waals surface area (Å²) >= 11 is 5.79. The minimum atomic E-state index is -0.509. The zero-order valence-electron chi connectivity index (χ0n) is 7.14. The van der Waals surface area contributed by atoms with Gasteiger partial charge in [0.1, 0.15) is 5.82 Å². The lowest BCUT2D eigenvalue weighted by atomic mass is 10.4. The number of aryl methyl sites for hydroxylation is 1. The molecule has 14 heavy (non-hydrogen) atoms. The average molecular weight is 213 g/mol. The van der Waals surface area contributed by atoms with Gasteiger partial charge in [0, 0.05) is 6.07 Å². The molecule has 6 nitrogen and oxygen atoms in total.